The van der Waals surface area contributed by atoms with E-state index in [1.54, 1.807) is 23.1 Å². The number of carbonyl (C=O) groups excluding carboxylic acids is 2. The topological polar surface area (TPSA) is 76.3 Å². The molecule has 1 atom stereocenters. The Balaban J connectivity index is 1.78. The first-order valence-corrected chi connectivity index (χ1v) is 7.67. The average Bonchev–Trinajstić information content (AvgIpc) is 3.17. The van der Waals surface area contributed by atoms with Gasteiger partial charge in [-0.25, -0.2) is 9.37 Å². The minimum absolute atomic E-state index is 0.191. The molecule has 5 nitrogen and oxygen atoms in total. The molecular formula is C15H14FN3O2S. The number of hydrogen-bond donors (Lipinski definition) is 1. The second-order valence-corrected chi connectivity index (χ2v) is 6.18. The number of primary amides is 1. The number of nitrogens with two attached hydrogens (primary N) is 1. The smallest absolute Gasteiger partial charge is 0.265 e. The van der Waals surface area contributed by atoms with Crippen molar-refractivity contribution in [3.05, 3.63) is 41.2 Å². The summed E-state index contributed by atoms with van der Waals surface area (Å²) in [6.45, 7) is 0.834. The number of rotatable bonds is 3. The number of amides is 2. The zero-order chi connectivity index (χ0) is 15.7. The van der Waals surface area contributed by atoms with Crippen LogP contribution >= 0.6 is 11.3 Å². The molecule has 2 N–H and O–H groups in total. The van der Waals surface area contributed by atoms with E-state index in [2.05, 4.69) is 4.98 Å². The number of carbonyl (C=O) groups is 2. The molecule has 0 spiro atoms. The number of benzene rings is 1. The molecule has 2 aromatic rings. The fourth-order valence-electron chi connectivity index (χ4n) is 2.46. The lowest BCUT2D eigenvalue weighted by Gasteiger charge is -2.14. The molecule has 1 aliphatic heterocycles. The number of hydrogen-bond acceptors (Lipinski definition) is 4. The third-order valence-corrected chi connectivity index (χ3v) is 4.72. The van der Waals surface area contributed by atoms with Crippen molar-refractivity contribution in [2.45, 2.75) is 6.42 Å². The van der Waals surface area contributed by atoms with E-state index >= 15 is 0 Å². The Bertz CT molecular complexity index is 731. The van der Waals surface area contributed by atoms with Gasteiger partial charge in [-0.05, 0) is 18.6 Å². The fourth-order valence-corrected chi connectivity index (χ4v) is 3.38. The molecule has 0 saturated carbocycles. The van der Waals surface area contributed by atoms with E-state index in [4.69, 9.17) is 5.73 Å². The van der Waals surface area contributed by atoms with E-state index in [0.717, 1.165) is 11.3 Å². The highest BCUT2D eigenvalue weighted by molar-refractivity contribution is 7.16. The molecule has 0 radical (unpaired) electrons. The van der Waals surface area contributed by atoms with Gasteiger partial charge in [-0.15, -0.1) is 11.3 Å². The van der Waals surface area contributed by atoms with Crippen LogP contribution in [0.15, 0.2) is 30.5 Å². The SMILES string of the molecule is NC(=O)[C@@H]1CCN(C(=O)c2cnc(-c3ccccc3F)s2)C1. The van der Waals surface area contributed by atoms with Crippen LogP contribution in [-0.2, 0) is 4.79 Å². The largest absolute Gasteiger partial charge is 0.369 e. The summed E-state index contributed by atoms with van der Waals surface area (Å²) in [5.74, 6) is -1.23. The van der Waals surface area contributed by atoms with Crippen LogP contribution < -0.4 is 5.73 Å². The first-order chi connectivity index (χ1) is 10.6. The zero-order valence-electron chi connectivity index (χ0n) is 11.7. The predicted molar refractivity (Wildman–Crippen MR) is 80.7 cm³/mol. The lowest BCUT2D eigenvalue weighted by atomic mass is 10.1. The van der Waals surface area contributed by atoms with Gasteiger partial charge in [0.2, 0.25) is 5.91 Å². The van der Waals surface area contributed by atoms with E-state index < -0.39 is 0 Å². The lowest BCUT2D eigenvalue weighted by Crippen LogP contribution is -2.31. The van der Waals surface area contributed by atoms with Crippen LogP contribution in [0.4, 0.5) is 4.39 Å². The Labute approximate surface area is 130 Å². The van der Waals surface area contributed by atoms with E-state index in [-0.39, 0.29) is 23.5 Å². The lowest BCUT2D eigenvalue weighted by molar-refractivity contribution is -0.121. The van der Waals surface area contributed by atoms with Crippen molar-refractivity contribution >= 4 is 23.2 Å². The summed E-state index contributed by atoms with van der Waals surface area (Å²) < 4.78 is 13.7. The highest BCUT2D eigenvalue weighted by Gasteiger charge is 2.31. The van der Waals surface area contributed by atoms with Gasteiger partial charge in [-0.2, -0.15) is 0 Å². The summed E-state index contributed by atoms with van der Waals surface area (Å²) in [4.78, 5) is 29.7. The van der Waals surface area contributed by atoms with Crippen molar-refractivity contribution in [3.8, 4) is 10.6 Å². The standard InChI is InChI=1S/C15H14FN3O2S/c16-11-4-2-1-3-10(11)14-18-7-12(22-14)15(21)19-6-5-9(8-19)13(17)20/h1-4,7,9H,5-6,8H2,(H2,17,20)/t9-/m1/s1. The molecule has 1 aliphatic rings. The van der Waals surface area contributed by atoms with Crippen molar-refractivity contribution < 1.29 is 14.0 Å². The van der Waals surface area contributed by atoms with Crippen molar-refractivity contribution in [2.75, 3.05) is 13.1 Å². The van der Waals surface area contributed by atoms with E-state index in [9.17, 15) is 14.0 Å². The third-order valence-electron chi connectivity index (χ3n) is 3.70. The second kappa shape index (κ2) is 5.84. The van der Waals surface area contributed by atoms with Gasteiger partial charge < -0.3 is 10.6 Å². The van der Waals surface area contributed by atoms with E-state index in [1.807, 2.05) is 0 Å². The number of halogens is 1. The molecule has 1 aromatic carbocycles. The molecule has 0 aliphatic carbocycles. The second-order valence-electron chi connectivity index (χ2n) is 5.15. The highest BCUT2D eigenvalue weighted by atomic mass is 32.1. The average molecular weight is 319 g/mol. The third kappa shape index (κ3) is 2.71. The van der Waals surface area contributed by atoms with Crippen LogP contribution in [0.25, 0.3) is 10.6 Å². The van der Waals surface area contributed by atoms with Crippen molar-refractivity contribution in [1.29, 1.82) is 0 Å². The summed E-state index contributed by atoms with van der Waals surface area (Å²) in [5, 5.41) is 0.465. The molecule has 1 saturated heterocycles. The Morgan fingerprint density at radius 1 is 1.36 bits per heavy atom. The molecule has 0 unspecified atom stereocenters. The molecule has 1 aromatic heterocycles. The molecule has 114 valence electrons. The molecule has 1 fully saturated rings. The first-order valence-electron chi connectivity index (χ1n) is 6.85. The Hall–Kier alpha value is -2.28. The van der Waals surface area contributed by atoms with Crippen LogP contribution in [0.2, 0.25) is 0 Å². The number of thiazole rings is 1. The van der Waals surface area contributed by atoms with Crippen LogP contribution in [-0.4, -0.2) is 34.8 Å². The van der Waals surface area contributed by atoms with Gasteiger partial charge in [0.15, 0.2) is 0 Å². The van der Waals surface area contributed by atoms with Crippen LogP contribution in [0.1, 0.15) is 16.1 Å². The summed E-state index contributed by atoms with van der Waals surface area (Å²) >= 11 is 1.15. The Morgan fingerprint density at radius 3 is 2.82 bits per heavy atom. The van der Waals surface area contributed by atoms with Gasteiger partial charge in [0.25, 0.3) is 5.91 Å². The van der Waals surface area contributed by atoms with Gasteiger partial charge >= 0.3 is 0 Å². The summed E-state index contributed by atoms with van der Waals surface area (Å²) in [7, 11) is 0. The summed E-state index contributed by atoms with van der Waals surface area (Å²) in [6, 6.07) is 6.31. The van der Waals surface area contributed by atoms with E-state index in [1.165, 1.54) is 12.3 Å². The number of likely N-dealkylation sites (tertiary alicyclic amines) is 1. The number of nitrogens with zero attached hydrogens (tertiary/aromatic N) is 2. The Morgan fingerprint density at radius 2 is 2.14 bits per heavy atom. The molecular weight excluding hydrogens is 305 g/mol. The van der Waals surface area contributed by atoms with Gasteiger partial charge in [0.1, 0.15) is 15.7 Å². The Kier molecular flexibility index (Phi) is 3.89. The van der Waals surface area contributed by atoms with Crippen molar-refractivity contribution in [3.63, 3.8) is 0 Å². The van der Waals surface area contributed by atoms with Crippen molar-refractivity contribution in [2.24, 2.45) is 11.7 Å². The van der Waals surface area contributed by atoms with Gasteiger partial charge in [0, 0.05) is 18.7 Å². The van der Waals surface area contributed by atoms with Gasteiger partial charge in [-0.3, -0.25) is 9.59 Å². The molecule has 0 bridgehead atoms. The summed E-state index contributed by atoms with van der Waals surface area (Å²) in [6.07, 6.45) is 2.03. The zero-order valence-corrected chi connectivity index (χ0v) is 12.5. The monoisotopic (exact) mass is 319 g/mol. The van der Waals surface area contributed by atoms with Gasteiger partial charge in [-0.1, -0.05) is 12.1 Å². The maximum atomic E-state index is 13.7. The molecule has 3 rings (SSSR count). The molecule has 2 heterocycles. The van der Waals surface area contributed by atoms with E-state index in [0.29, 0.717) is 35.0 Å². The quantitative estimate of drug-likeness (QED) is 0.938. The predicted octanol–water partition coefficient (Wildman–Crippen LogP) is 1.90. The maximum absolute atomic E-state index is 13.7. The van der Waals surface area contributed by atoms with Crippen LogP contribution in [0.5, 0.6) is 0 Å². The van der Waals surface area contributed by atoms with Crippen LogP contribution in [0, 0.1) is 11.7 Å². The molecule has 7 heteroatoms. The first kappa shape index (κ1) is 14.6. The molecule has 22 heavy (non-hydrogen) atoms. The fraction of sp³-hybridized carbons (Fsp3) is 0.267. The van der Waals surface area contributed by atoms with Gasteiger partial charge in [0.05, 0.1) is 12.1 Å². The maximum Gasteiger partial charge on any atom is 0.265 e. The van der Waals surface area contributed by atoms with Crippen LogP contribution in [0.3, 0.4) is 0 Å². The normalized spacial score (nSPS) is 17.7. The number of aromatic nitrogens is 1. The summed E-state index contributed by atoms with van der Waals surface area (Å²) in [5.41, 5.74) is 5.65. The van der Waals surface area contributed by atoms with Crippen molar-refractivity contribution in [1.82, 2.24) is 9.88 Å². The molecule has 2 amide bonds. The highest BCUT2D eigenvalue weighted by Crippen LogP contribution is 2.29. The minimum atomic E-state index is -0.383. The minimum Gasteiger partial charge on any atom is -0.369 e.